The largest absolute Gasteiger partial charge is 0.316 e. The monoisotopic (exact) mass is 483 g/mol. The fraction of sp³-hybridized carbons (Fsp3) is 0.250. The van der Waals surface area contributed by atoms with Gasteiger partial charge in [0.15, 0.2) is 0 Å². The first-order valence-electron chi connectivity index (χ1n) is 9.82. The molecule has 0 saturated carbocycles. The number of amides is 1. The summed E-state index contributed by atoms with van der Waals surface area (Å²) >= 11 is 5.29. The van der Waals surface area contributed by atoms with Crippen LogP contribution in [0.5, 0.6) is 0 Å². The average molecular weight is 484 g/mol. The molecule has 0 aliphatic carbocycles. The van der Waals surface area contributed by atoms with Crippen molar-refractivity contribution in [2.45, 2.75) is 38.7 Å². The van der Waals surface area contributed by atoms with Gasteiger partial charge in [-0.2, -0.15) is 5.10 Å². The molecule has 1 atom stereocenters. The highest BCUT2D eigenvalue weighted by atomic mass is 79.9. The lowest BCUT2D eigenvalue weighted by Gasteiger charge is -2.12. The maximum Gasteiger partial charge on any atom is 0.252 e. The molecule has 0 unspecified atom stereocenters. The smallest absolute Gasteiger partial charge is 0.252 e. The molecule has 1 amide bonds. The topological polar surface area (TPSA) is 46.4 Å². The van der Waals surface area contributed by atoms with Crippen molar-refractivity contribution in [3.63, 3.8) is 0 Å². The van der Waals surface area contributed by atoms with Crippen molar-refractivity contribution in [2.75, 3.05) is 0 Å². The molecule has 3 aromatic rings. The lowest BCUT2D eigenvalue weighted by molar-refractivity contribution is -0.120. The fourth-order valence-corrected chi connectivity index (χ4v) is 4.68. The first-order chi connectivity index (χ1) is 14.4. The highest BCUT2D eigenvalue weighted by Gasteiger charge is 2.17. The predicted molar refractivity (Wildman–Crippen MR) is 131 cm³/mol. The van der Waals surface area contributed by atoms with Gasteiger partial charge in [-0.25, -0.2) is 5.43 Å². The number of hydrogen-bond donors (Lipinski definition) is 1. The standard InChI is InChI=1S/C24H26BrN3OS/c1-16-10-8-9-13-22(16)28-17(2)21(23(25)18(28)3)14-26-27-24(29)19(4)30-15-20-11-6-5-7-12-20/h5-14,19H,15H2,1-4H3,(H,27,29)/b26-14-/t19-/m0/s1. The van der Waals surface area contributed by atoms with Gasteiger partial charge in [0.1, 0.15) is 0 Å². The van der Waals surface area contributed by atoms with Gasteiger partial charge in [-0.05, 0) is 60.8 Å². The second kappa shape index (κ2) is 10.1. The van der Waals surface area contributed by atoms with E-state index in [1.807, 2.05) is 37.3 Å². The van der Waals surface area contributed by atoms with E-state index in [1.54, 1.807) is 18.0 Å². The molecule has 2 aromatic carbocycles. The Kier molecular flexibility index (Phi) is 7.56. The Hall–Kier alpha value is -2.31. The maximum absolute atomic E-state index is 12.4. The summed E-state index contributed by atoms with van der Waals surface area (Å²) in [7, 11) is 0. The van der Waals surface area contributed by atoms with Gasteiger partial charge in [0, 0.05) is 32.9 Å². The molecule has 0 aliphatic rings. The Morgan fingerprint density at radius 2 is 1.77 bits per heavy atom. The van der Waals surface area contributed by atoms with Crippen molar-refractivity contribution in [3.8, 4) is 5.69 Å². The Balaban J connectivity index is 1.68. The van der Waals surface area contributed by atoms with Gasteiger partial charge in [-0.1, -0.05) is 48.5 Å². The third-order valence-corrected chi connectivity index (χ3v) is 7.27. The number of rotatable bonds is 7. The lowest BCUT2D eigenvalue weighted by Crippen LogP contribution is -2.27. The van der Waals surface area contributed by atoms with Gasteiger partial charge < -0.3 is 4.57 Å². The predicted octanol–water partition coefficient (Wildman–Crippen LogP) is 5.94. The number of benzene rings is 2. The Labute approximate surface area is 190 Å². The third-order valence-electron chi connectivity index (χ3n) is 5.05. The van der Waals surface area contributed by atoms with Crippen LogP contribution in [0.3, 0.4) is 0 Å². The number of thioether (sulfide) groups is 1. The maximum atomic E-state index is 12.4. The normalized spacial score (nSPS) is 12.3. The number of nitrogens with one attached hydrogen (secondary N) is 1. The molecule has 0 spiro atoms. The molecular weight excluding hydrogens is 458 g/mol. The molecule has 0 aliphatic heterocycles. The molecule has 3 rings (SSSR count). The number of nitrogens with zero attached hydrogens (tertiary/aromatic N) is 2. The van der Waals surface area contributed by atoms with Crippen LogP contribution in [-0.4, -0.2) is 21.9 Å². The minimum absolute atomic E-state index is 0.101. The van der Waals surface area contributed by atoms with Gasteiger partial charge >= 0.3 is 0 Å². The van der Waals surface area contributed by atoms with E-state index in [9.17, 15) is 4.79 Å². The van der Waals surface area contributed by atoms with E-state index in [0.29, 0.717) is 0 Å². The van der Waals surface area contributed by atoms with Crippen LogP contribution in [0.25, 0.3) is 5.69 Å². The van der Waals surface area contributed by atoms with Gasteiger partial charge in [0.05, 0.1) is 11.5 Å². The number of hydrogen-bond acceptors (Lipinski definition) is 3. The van der Waals surface area contributed by atoms with E-state index in [-0.39, 0.29) is 11.2 Å². The molecule has 4 nitrogen and oxygen atoms in total. The van der Waals surface area contributed by atoms with Crippen LogP contribution in [0.1, 0.15) is 35.0 Å². The molecule has 1 heterocycles. The van der Waals surface area contributed by atoms with Crippen LogP contribution in [0.4, 0.5) is 0 Å². The zero-order valence-corrected chi connectivity index (χ0v) is 20.0. The minimum Gasteiger partial charge on any atom is -0.316 e. The summed E-state index contributed by atoms with van der Waals surface area (Å²) in [4.78, 5) is 12.4. The molecule has 1 N–H and O–H groups in total. The van der Waals surface area contributed by atoms with E-state index < -0.39 is 0 Å². The molecule has 1 aromatic heterocycles. The molecular formula is C24H26BrN3OS. The summed E-state index contributed by atoms with van der Waals surface area (Å²) in [5.41, 5.74) is 9.36. The van der Waals surface area contributed by atoms with Crippen LogP contribution in [0.2, 0.25) is 0 Å². The molecule has 0 radical (unpaired) electrons. The molecule has 0 fully saturated rings. The van der Waals surface area contributed by atoms with E-state index >= 15 is 0 Å². The number of para-hydroxylation sites is 1. The zero-order valence-electron chi connectivity index (χ0n) is 17.6. The third kappa shape index (κ3) is 5.05. The molecule has 0 bridgehead atoms. The van der Waals surface area contributed by atoms with E-state index in [0.717, 1.165) is 32.9 Å². The summed E-state index contributed by atoms with van der Waals surface area (Å²) in [6, 6.07) is 18.4. The Morgan fingerprint density at radius 1 is 1.10 bits per heavy atom. The van der Waals surface area contributed by atoms with Crippen LogP contribution < -0.4 is 5.43 Å². The molecule has 156 valence electrons. The van der Waals surface area contributed by atoms with E-state index in [4.69, 9.17) is 0 Å². The van der Waals surface area contributed by atoms with Gasteiger partial charge in [-0.3, -0.25) is 4.79 Å². The van der Waals surface area contributed by atoms with Crippen LogP contribution in [-0.2, 0) is 10.5 Å². The fourth-order valence-electron chi connectivity index (χ4n) is 3.27. The van der Waals surface area contributed by atoms with Gasteiger partial charge in [-0.15, -0.1) is 11.8 Å². The SMILES string of the molecule is Cc1ccccc1-n1c(C)c(Br)c(/C=N\NC(=O)[C@H](C)SCc2ccccc2)c1C. The number of halogens is 1. The summed E-state index contributed by atoms with van der Waals surface area (Å²) in [5, 5.41) is 4.04. The Morgan fingerprint density at radius 3 is 2.47 bits per heavy atom. The molecule has 30 heavy (non-hydrogen) atoms. The molecule has 0 saturated heterocycles. The summed E-state index contributed by atoms with van der Waals surface area (Å²) in [6.07, 6.45) is 1.72. The quantitative estimate of drug-likeness (QED) is 0.334. The second-order valence-corrected chi connectivity index (χ2v) is 9.32. The second-order valence-electron chi connectivity index (χ2n) is 7.19. The van der Waals surface area contributed by atoms with Crippen molar-refractivity contribution in [1.29, 1.82) is 0 Å². The van der Waals surface area contributed by atoms with Crippen LogP contribution >= 0.6 is 27.7 Å². The first-order valence-corrected chi connectivity index (χ1v) is 11.7. The van der Waals surface area contributed by atoms with Gasteiger partial charge in [0.25, 0.3) is 5.91 Å². The van der Waals surface area contributed by atoms with Crippen molar-refractivity contribution in [2.24, 2.45) is 5.10 Å². The van der Waals surface area contributed by atoms with Crippen molar-refractivity contribution < 1.29 is 4.79 Å². The lowest BCUT2D eigenvalue weighted by atomic mass is 10.2. The zero-order chi connectivity index (χ0) is 21.7. The van der Waals surface area contributed by atoms with Crippen LogP contribution in [0.15, 0.2) is 64.2 Å². The Bertz CT molecular complexity index is 1060. The van der Waals surface area contributed by atoms with Crippen LogP contribution in [0, 0.1) is 20.8 Å². The van der Waals surface area contributed by atoms with Gasteiger partial charge in [0.2, 0.25) is 0 Å². The minimum atomic E-state index is -0.190. The van der Waals surface area contributed by atoms with E-state index in [2.05, 4.69) is 76.1 Å². The summed E-state index contributed by atoms with van der Waals surface area (Å²) < 4.78 is 3.19. The summed E-state index contributed by atoms with van der Waals surface area (Å²) in [5.74, 6) is 0.693. The van der Waals surface area contributed by atoms with E-state index in [1.165, 1.54) is 11.1 Å². The number of aryl methyl sites for hydroxylation is 1. The number of hydrazone groups is 1. The number of carbonyl (C=O) groups is 1. The molecule has 6 heteroatoms. The van der Waals surface area contributed by atoms with Crippen molar-refractivity contribution >= 4 is 39.8 Å². The highest BCUT2D eigenvalue weighted by Crippen LogP contribution is 2.30. The number of carbonyl (C=O) groups excluding carboxylic acids is 1. The summed E-state index contributed by atoms with van der Waals surface area (Å²) in [6.45, 7) is 8.14. The first kappa shape index (κ1) is 22.4. The van der Waals surface area contributed by atoms with Crippen molar-refractivity contribution in [3.05, 3.63) is 87.1 Å². The van der Waals surface area contributed by atoms with Crippen molar-refractivity contribution in [1.82, 2.24) is 9.99 Å². The number of aromatic nitrogens is 1. The average Bonchev–Trinajstić information content (AvgIpc) is 2.96. The highest BCUT2D eigenvalue weighted by molar-refractivity contribution is 9.10.